The monoisotopic (exact) mass is 135 g/mol. The second kappa shape index (κ2) is 2.77. The lowest BCUT2D eigenvalue weighted by atomic mass is 10.1. The van der Waals surface area contributed by atoms with Crippen LogP contribution in [0, 0.1) is 0 Å². The highest BCUT2D eigenvalue weighted by molar-refractivity contribution is 7.09. The maximum atomic E-state index is 4.86. The van der Waals surface area contributed by atoms with E-state index < -0.39 is 0 Å². The van der Waals surface area contributed by atoms with E-state index in [1.807, 2.05) is 7.05 Å². The van der Waals surface area contributed by atoms with Crippen LogP contribution in [0.25, 0.3) is 0 Å². The van der Waals surface area contributed by atoms with Crippen LogP contribution in [0.5, 0.6) is 0 Å². The molecular formula is C5H14NOP. The van der Waals surface area contributed by atoms with Crippen molar-refractivity contribution in [1.29, 1.82) is 0 Å². The molecular weight excluding hydrogens is 121 g/mol. The molecule has 0 aromatic carbocycles. The van der Waals surface area contributed by atoms with Crippen molar-refractivity contribution in [3.05, 3.63) is 0 Å². The van der Waals surface area contributed by atoms with Crippen LogP contribution in [0.1, 0.15) is 20.8 Å². The third-order valence-electron chi connectivity index (χ3n) is 1.10. The SMILES string of the molecule is CN(OP)C(C)(C)C. The summed E-state index contributed by atoms with van der Waals surface area (Å²) in [5.41, 5.74) is 0.0990. The van der Waals surface area contributed by atoms with E-state index in [0.29, 0.717) is 0 Å². The Bertz CT molecular complexity index is 69.3. The van der Waals surface area contributed by atoms with Gasteiger partial charge in [0.15, 0.2) is 0 Å². The molecule has 0 radical (unpaired) electrons. The van der Waals surface area contributed by atoms with Crippen LogP contribution < -0.4 is 0 Å². The molecule has 50 valence electrons. The Morgan fingerprint density at radius 2 is 1.75 bits per heavy atom. The van der Waals surface area contributed by atoms with E-state index in [9.17, 15) is 0 Å². The summed E-state index contributed by atoms with van der Waals surface area (Å²) in [5, 5.41) is 1.78. The molecule has 1 unspecified atom stereocenters. The molecule has 8 heavy (non-hydrogen) atoms. The van der Waals surface area contributed by atoms with E-state index in [0.717, 1.165) is 0 Å². The van der Waals surface area contributed by atoms with Gasteiger partial charge in [0.25, 0.3) is 0 Å². The first-order valence-corrected chi connectivity index (χ1v) is 3.06. The van der Waals surface area contributed by atoms with Crippen LogP contribution in [0.2, 0.25) is 0 Å². The third kappa shape index (κ3) is 2.61. The summed E-state index contributed by atoms with van der Waals surface area (Å²) < 4.78 is 4.86. The molecule has 0 heterocycles. The standard InChI is InChI=1S/C5H14NOP/c1-5(2,3)6(4)7-8/h8H2,1-4H3. The Morgan fingerprint density at radius 3 is 1.75 bits per heavy atom. The average Bonchev–Trinajstić information content (AvgIpc) is 1.62. The molecule has 0 spiro atoms. The minimum absolute atomic E-state index is 0.0990. The lowest BCUT2D eigenvalue weighted by Gasteiger charge is -2.28. The lowest BCUT2D eigenvalue weighted by molar-refractivity contribution is -0.0862. The number of nitrogens with zero attached hydrogens (tertiary/aromatic N) is 1. The highest BCUT2D eigenvalue weighted by atomic mass is 31.0. The van der Waals surface area contributed by atoms with Gasteiger partial charge in [0.2, 0.25) is 0 Å². The zero-order chi connectivity index (χ0) is 6.78. The fourth-order valence-corrected chi connectivity index (χ4v) is 0.474. The highest BCUT2D eigenvalue weighted by Crippen LogP contribution is 2.11. The average molecular weight is 135 g/mol. The molecule has 0 aliphatic rings. The lowest BCUT2D eigenvalue weighted by Crippen LogP contribution is -2.35. The van der Waals surface area contributed by atoms with Crippen LogP contribution in [-0.4, -0.2) is 17.6 Å². The molecule has 0 rings (SSSR count). The topological polar surface area (TPSA) is 12.5 Å². The molecule has 0 bridgehead atoms. The highest BCUT2D eigenvalue weighted by Gasteiger charge is 2.15. The van der Waals surface area contributed by atoms with Gasteiger partial charge < -0.3 is 0 Å². The van der Waals surface area contributed by atoms with Crippen molar-refractivity contribution < 1.29 is 4.62 Å². The van der Waals surface area contributed by atoms with Gasteiger partial charge >= 0.3 is 0 Å². The van der Waals surface area contributed by atoms with Gasteiger partial charge in [-0.15, -0.1) is 0 Å². The van der Waals surface area contributed by atoms with Crippen molar-refractivity contribution in [2.24, 2.45) is 0 Å². The summed E-state index contributed by atoms with van der Waals surface area (Å²) in [5.74, 6) is 0. The summed E-state index contributed by atoms with van der Waals surface area (Å²) in [4.78, 5) is 0. The van der Waals surface area contributed by atoms with Crippen LogP contribution >= 0.6 is 9.47 Å². The zero-order valence-corrected chi connectivity index (χ0v) is 7.09. The number of hydrogen-bond acceptors (Lipinski definition) is 2. The summed E-state index contributed by atoms with van der Waals surface area (Å²) >= 11 is 0. The van der Waals surface area contributed by atoms with E-state index in [-0.39, 0.29) is 5.54 Å². The minimum atomic E-state index is 0.0990. The Hall–Kier alpha value is 0.350. The van der Waals surface area contributed by atoms with E-state index >= 15 is 0 Å². The molecule has 0 amide bonds. The first-order valence-electron chi connectivity index (χ1n) is 2.59. The van der Waals surface area contributed by atoms with Gasteiger partial charge in [0.1, 0.15) is 0 Å². The Balaban J connectivity index is 3.62. The Morgan fingerprint density at radius 1 is 1.38 bits per heavy atom. The van der Waals surface area contributed by atoms with Crippen molar-refractivity contribution in [2.75, 3.05) is 7.05 Å². The molecule has 3 heteroatoms. The predicted molar refractivity (Wildman–Crippen MR) is 38.3 cm³/mol. The minimum Gasteiger partial charge on any atom is -0.284 e. The smallest absolute Gasteiger partial charge is 0.0378 e. The van der Waals surface area contributed by atoms with E-state index in [1.165, 1.54) is 0 Å². The number of rotatable bonds is 1. The van der Waals surface area contributed by atoms with E-state index in [1.54, 1.807) is 5.06 Å². The first-order chi connectivity index (χ1) is 3.48. The normalized spacial score (nSPS) is 12.8. The van der Waals surface area contributed by atoms with Crippen molar-refractivity contribution in [2.45, 2.75) is 26.3 Å². The molecule has 0 saturated heterocycles. The number of hydrogen-bond donors (Lipinski definition) is 0. The number of hydroxylamine groups is 2. The maximum absolute atomic E-state index is 4.86. The fraction of sp³-hybridized carbons (Fsp3) is 1.00. The summed E-state index contributed by atoms with van der Waals surface area (Å²) in [7, 11) is 4.10. The molecule has 1 atom stereocenters. The van der Waals surface area contributed by atoms with Crippen LogP contribution in [0.4, 0.5) is 0 Å². The van der Waals surface area contributed by atoms with Gasteiger partial charge in [-0.1, -0.05) is 0 Å². The van der Waals surface area contributed by atoms with Crippen molar-refractivity contribution in [1.82, 2.24) is 5.06 Å². The largest absolute Gasteiger partial charge is 0.284 e. The van der Waals surface area contributed by atoms with Gasteiger partial charge in [-0.2, -0.15) is 5.06 Å². The van der Waals surface area contributed by atoms with Gasteiger partial charge in [0, 0.05) is 22.1 Å². The fourth-order valence-electron chi connectivity index (χ4n) is 0.158. The van der Waals surface area contributed by atoms with Gasteiger partial charge in [-0.05, 0) is 20.8 Å². The Kier molecular flexibility index (Phi) is 2.89. The summed E-state index contributed by atoms with van der Waals surface area (Å²) in [6.45, 7) is 6.24. The molecule has 0 saturated carbocycles. The van der Waals surface area contributed by atoms with Gasteiger partial charge in [0.05, 0.1) is 0 Å². The molecule has 0 aliphatic carbocycles. The van der Waals surface area contributed by atoms with Crippen molar-refractivity contribution in [3.8, 4) is 0 Å². The Labute approximate surface area is 53.4 Å². The molecule has 0 fully saturated rings. The summed E-state index contributed by atoms with van der Waals surface area (Å²) in [6, 6.07) is 0. The van der Waals surface area contributed by atoms with Gasteiger partial charge in [-0.3, -0.25) is 4.62 Å². The van der Waals surface area contributed by atoms with E-state index in [4.69, 9.17) is 4.62 Å². The van der Waals surface area contributed by atoms with Crippen LogP contribution in [-0.2, 0) is 4.62 Å². The van der Waals surface area contributed by atoms with Crippen molar-refractivity contribution in [3.63, 3.8) is 0 Å². The third-order valence-corrected chi connectivity index (χ3v) is 1.42. The molecule has 0 aromatic heterocycles. The quantitative estimate of drug-likeness (QED) is 0.398. The second-order valence-electron chi connectivity index (χ2n) is 2.77. The zero-order valence-electron chi connectivity index (χ0n) is 5.93. The predicted octanol–water partition coefficient (Wildman–Crippen LogP) is 1.44. The van der Waals surface area contributed by atoms with Gasteiger partial charge in [-0.25, -0.2) is 0 Å². The maximum Gasteiger partial charge on any atom is 0.0378 e. The van der Waals surface area contributed by atoms with Crippen LogP contribution in [0.15, 0.2) is 0 Å². The molecule has 2 nitrogen and oxygen atoms in total. The van der Waals surface area contributed by atoms with E-state index in [2.05, 4.69) is 30.2 Å². The first kappa shape index (κ1) is 8.35. The van der Waals surface area contributed by atoms with Crippen LogP contribution in [0.3, 0.4) is 0 Å². The molecule has 0 aliphatic heterocycles. The molecule has 0 aromatic rings. The van der Waals surface area contributed by atoms with Crippen molar-refractivity contribution >= 4 is 9.47 Å². The second-order valence-corrected chi connectivity index (χ2v) is 2.98. The molecule has 0 N–H and O–H groups in total. The summed E-state index contributed by atoms with van der Waals surface area (Å²) in [6.07, 6.45) is 0.